The third-order valence-electron chi connectivity index (χ3n) is 7.75. The zero-order chi connectivity index (χ0) is 26.2. The Kier molecular flexibility index (Phi) is 5.76. The largest absolute Gasteiger partial charge is 0.417 e. The molecule has 0 radical (unpaired) electrons. The molecule has 9 heteroatoms. The molecule has 6 nitrogen and oxygen atoms in total. The highest BCUT2D eigenvalue weighted by Crippen LogP contribution is 2.58. The van der Waals surface area contributed by atoms with Gasteiger partial charge < -0.3 is 19.7 Å². The summed E-state index contributed by atoms with van der Waals surface area (Å²) in [6.45, 7) is 8.29. The van der Waals surface area contributed by atoms with Crippen molar-refractivity contribution in [2.75, 3.05) is 13.2 Å². The van der Waals surface area contributed by atoms with Gasteiger partial charge in [0.1, 0.15) is 17.8 Å². The SMILES string of the molecule is CC(C)c1nc2c(c3c1C(c1ccc(C(F)(F)F)c(C#N)c1)OC31CCOC1)C(O)CC(C)(C)[C@H]2O. The van der Waals surface area contributed by atoms with Crippen LogP contribution in [0.15, 0.2) is 18.2 Å². The maximum Gasteiger partial charge on any atom is 0.417 e. The molecule has 2 aliphatic heterocycles. The first kappa shape index (κ1) is 25.2. The van der Waals surface area contributed by atoms with Crippen molar-refractivity contribution >= 4 is 0 Å². The molecule has 3 unspecified atom stereocenters. The third kappa shape index (κ3) is 3.66. The summed E-state index contributed by atoms with van der Waals surface area (Å²) in [6.07, 6.45) is -6.46. The highest BCUT2D eigenvalue weighted by atomic mass is 19.4. The van der Waals surface area contributed by atoms with E-state index in [9.17, 15) is 28.6 Å². The van der Waals surface area contributed by atoms with E-state index in [2.05, 4.69) is 0 Å². The number of pyridine rings is 1. The number of alkyl halides is 3. The topological polar surface area (TPSA) is 95.6 Å². The molecule has 1 fully saturated rings. The van der Waals surface area contributed by atoms with Crippen LogP contribution in [-0.4, -0.2) is 28.4 Å². The zero-order valence-corrected chi connectivity index (χ0v) is 20.6. The standard InChI is InChI=1S/C27H29F3N2O4/c1-13(2)21-19-20(18-17(33)10-25(3,4)24(34)22(18)32-21)26(7-8-35-12-26)36-23(19)14-5-6-16(27(28,29)30)15(9-14)11-31/h5-6,9,13,17,23-24,33-34H,7-8,10,12H2,1-4H3/t17?,23?,24-,26?/m0/s1. The molecular weight excluding hydrogens is 473 g/mol. The second-order valence-electron chi connectivity index (χ2n) is 11.1. The molecular formula is C27H29F3N2O4. The minimum Gasteiger partial charge on any atom is -0.388 e. The summed E-state index contributed by atoms with van der Waals surface area (Å²) in [6, 6.07) is 5.15. The van der Waals surface area contributed by atoms with Crippen molar-refractivity contribution in [3.05, 3.63) is 63.0 Å². The van der Waals surface area contributed by atoms with Crippen molar-refractivity contribution < 1.29 is 32.9 Å². The number of benzene rings is 1. The lowest BCUT2D eigenvalue weighted by Gasteiger charge is -2.41. The number of nitriles is 1. The van der Waals surface area contributed by atoms with Crippen molar-refractivity contribution in [1.82, 2.24) is 4.98 Å². The summed E-state index contributed by atoms with van der Waals surface area (Å²) in [5.41, 5.74) is 0.386. The Labute approximate surface area is 207 Å². The van der Waals surface area contributed by atoms with Crippen LogP contribution in [0.25, 0.3) is 0 Å². The van der Waals surface area contributed by atoms with Gasteiger partial charge in [-0.15, -0.1) is 0 Å². The molecule has 2 aromatic rings. The van der Waals surface area contributed by atoms with E-state index >= 15 is 0 Å². The van der Waals surface area contributed by atoms with E-state index in [-0.39, 0.29) is 12.5 Å². The van der Waals surface area contributed by atoms with Crippen LogP contribution < -0.4 is 0 Å². The Morgan fingerprint density at radius 1 is 1.19 bits per heavy atom. The number of aromatic nitrogens is 1. The maximum absolute atomic E-state index is 13.5. The van der Waals surface area contributed by atoms with Gasteiger partial charge in [-0.2, -0.15) is 18.4 Å². The maximum atomic E-state index is 13.5. The molecule has 1 spiro atoms. The molecule has 1 aromatic heterocycles. The van der Waals surface area contributed by atoms with Gasteiger partial charge in [0.05, 0.1) is 35.6 Å². The summed E-state index contributed by atoms with van der Waals surface area (Å²) in [5, 5.41) is 32.0. The van der Waals surface area contributed by atoms with Crippen molar-refractivity contribution in [3.8, 4) is 6.07 Å². The minimum absolute atomic E-state index is 0.105. The van der Waals surface area contributed by atoms with Gasteiger partial charge >= 0.3 is 6.18 Å². The predicted octanol–water partition coefficient (Wildman–Crippen LogP) is 5.33. The van der Waals surface area contributed by atoms with E-state index in [1.54, 1.807) is 6.07 Å². The number of ether oxygens (including phenoxy) is 2. The molecule has 3 heterocycles. The average Bonchev–Trinajstić information content (AvgIpc) is 3.41. The Morgan fingerprint density at radius 3 is 2.50 bits per heavy atom. The first-order chi connectivity index (χ1) is 16.8. The molecule has 2 N–H and O–H groups in total. The fourth-order valence-corrected chi connectivity index (χ4v) is 5.95. The summed E-state index contributed by atoms with van der Waals surface area (Å²) in [5.74, 6) is -0.105. The van der Waals surface area contributed by atoms with E-state index < -0.39 is 46.6 Å². The van der Waals surface area contributed by atoms with Gasteiger partial charge in [0, 0.05) is 35.4 Å². The first-order valence-corrected chi connectivity index (χ1v) is 12.1. The lowest BCUT2D eigenvalue weighted by Crippen LogP contribution is -2.36. The molecule has 4 atom stereocenters. The fraction of sp³-hybridized carbons (Fsp3) is 0.556. The number of hydrogen-bond acceptors (Lipinski definition) is 6. The summed E-state index contributed by atoms with van der Waals surface area (Å²) >= 11 is 0. The first-order valence-electron chi connectivity index (χ1n) is 12.1. The van der Waals surface area contributed by atoms with Crippen molar-refractivity contribution in [2.24, 2.45) is 5.41 Å². The Morgan fingerprint density at radius 2 is 1.92 bits per heavy atom. The number of rotatable bonds is 2. The molecule has 3 aliphatic rings. The van der Waals surface area contributed by atoms with Crippen molar-refractivity contribution in [1.29, 1.82) is 5.26 Å². The van der Waals surface area contributed by atoms with E-state index in [1.807, 2.05) is 27.7 Å². The summed E-state index contributed by atoms with van der Waals surface area (Å²) < 4.78 is 52.8. The number of aliphatic hydroxyl groups excluding tert-OH is 2. The second kappa shape index (κ2) is 8.25. The Hall–Kier alpha value is -2.51. The molecule has 1 aliphatic carbocycles. The molecule has 0 bridgehead atoms. The van der Waals surface area contributed by atoms with Crippen LogP contribution in [0.1, 0.15) is 110 Å². The normalized spacial score (nSPS) is 28.9. The lowest BCUT2D eigenvalue weighted by atomic mass is 9.69. The minimum atomic E-state index is -4.66. The molecule has 192 valence electrons. The van der Waals surface area contributed by atoms with Gasteiger partial charge in [0.2, 0.25) is 0 Å². The van der Waals surface area contributed by atoms with Crippen LogP contribution >= 0.6 is 0 Å². The summed E-state index contributed by atoms with van der Waals surface area (Å²) in [7, 11) is 0. The quantitative estimate of drug-likeness (QED) is 0.577. The molecule has 0 amide bonds. The van der Waals surface area contributed by atoms with Gasteiger partial charge in [-0.3, -0.25) is 4.98 Å². The van der Waals surface area contributed by atoms with Crippen LogP contribution in [0, 0.1) is 16.7 Å². The molecule has 1 aromatic carbocycles. The van der Waals surface area contributed by atoms with Gasteiger partial charge in [-0.1, -0.05) is 33.8 Å². The van der Waals surface area contributed by atoms with Crippen LogP contribution in [0.3, 0.4) is 0 Å². The highest BCUT2D eigenvalue weighted by molar-refractivity contribution is 5.56. The number of aliphatic hydroxyl groups is 2. The van der Waals surface area contributed by atoms with Crippen LogP contribution in [0.4, 0.5) is 13.2 Å². The fourth-order valence-electron chi connectivity index (χ4n) is 5.95. The van der Waals surface area contributed by atoms with Crippen LogP contribution in [0.2, 0.25) is 0 Å². The van der Waals surface area contributed by atoms with E-state index in [1.165, 1.54) is 12.1 Å². The number of fused-ring (bicyclic) bond motifs is 4. The van der Waals surface area contributed by atoms with Crippen molar-refractivity contribution in [3.63, 3.8) is 0 Å². The lowest BCUT2D eigenvalue weighted by molar-refractivity contribution is -0.137. The number of nitrogens with zero attached hydrogens (tertiary/aromatic N) is 2. The van der Waals surface area contributed by atoms with E-state index in [4.69, 9.17) is 14.5 Å². The van der Waals surface area contributed by atoms with Gasteiger partial charge in [0.15, 0.2) is 0 Å². The number of hydrogen-bond donors (Lipinski definition) is 2. The third-order valence-corrected chi connectivity index (χ3v) is 7.75. The van der Waals surface area contributed by atoms with Crippen LogP contribution in [0.5, 0.6) is 0 Å². The van der Waals surface area contributed by atoms with Crippen LogP contribution in [-0.2, 0) is 21.3 Å². The molecule has 1 saturated heterocycles. The Bertz CT molecular complexity index is 1260. The molecule has 36 heavy (non-hydrogen) atoms. The average molecular weight is 503 g/mol. The van der Waals surface area contributed by atoms with Gasteiger partial charge in [-0.05, 0) is 35.4 Å². The monoisotopic (exact) mass is 502 g/mol. The van der Waals surface area contributed by atoms with Gasteiger partial charge in [0.25, 0.3) is 0 Å². The smallest absolute Gasteiger partial charge is 0.388 e. The van der Waals surface area contributed by atoms with Crippen molar-refractivity contribution in [2.45, 2.75) is 76.5 Å². The zero-order valence-electron chi connectivity index (χ0n) is 20.6. The van der Waals surface area contributed by atoms with E-state index in [0.29, 0.717) is 47.5 Å². The second-order valence-corrected chi connectivity index (χ2v) is 11.1. The summed E-state index contributed by atoms with van der Waals surface area (Å²) in [4.78, 5) is 4.87. The van der Waals surface area contributed by atoms with Gasteiger partial charge in [-0.25, -0.2) is 0 Å². The molecule has 5 rings (SSSR count). The predicted molar refractivity (Wildman–Crippen MR) is 123 cm³/mol. The Balaban J connectivity index is 1.79. The highest BCUT2D eigenvalue weighted by Gasteiger charge is 2.55. The molecule has 0 saturated carbocycles. The number of halogens is 3. The van der Waals surface area contributed by atoms with E-state index in [0.717, 1.165) is 11.6 Å².